The standard InChI is InChI=1S/C19H13Cl3N2O4/c1-2-28-16-10(6-12(21)9-15(16)22)7-14-17(25)23-19(27)24(18(14)26)13-5-3-4-11(20)8-13/h3-9H,2H2,1H3,(H,23,25,27)/b14-7+. The summed E-state index contributed by atoms with van der Waals surface area (Å²) in [5.74, 6) is -1.38. The van der Waals surface area contributed by atoms with Crippen LogP contribution in [0.4, 0.5) is 10.5 Å². The number of carbonyl (C=O) groups excluding carboxylic acids is 3. The van der Waals surface area contributed by atoms with Crippen LogP contribution in [0.3, 0.4) is 0 Å². The Morgan fingerprint density at radius 2 is 1.82 bits per heavy atom. The third-order valence-electron chi connectivity index (χ3n) is 3.79. The molecular formula is C19H13Cl3N2O4. The molecule has 1 N–H and O–H groups in total. The number of hydrogen-bond acceptors (Lipinski definition) is 4. The van der Waals surface area contributed by atoms with E-state index in [1.54, 1.807) is 19.1 Å². The molecule has 0 atom stereocenters. The second kappa shape index (κ2) is 8.22. The Morgan fingerprint density at radius 1 is 1.07 bits per heavy atom. The molecular weight excluding hydrogens is 427 g/mol. The fraction of sp³-hybridized carbons (Fsp3) is 0.105. The zero-order chi connectivity index (χ0) is 20.4. The van der Waals surface area contributed by atoms with E-state index >= 15 is 0 Å². The largest absolute Gasteiger partial charge is 0.492 e. The van der Waals surface area contributed by atoms with Gasteiger partial charge in [-0.3, -0.25) is 14.9 Å². The van der Waals surface area contributed by atoms with Crippen LogP contribution in [0.15, 0.2) is 42.0 Å². The van der Waals surface area contributed by atoms with Gasteiger partial charge in [0.2, 0.25) is 0 Å². The molecule has 1 fully saturated rings. The predicted molar refractivity (Wildman–Crippen MR) is 108 cm³/mol. The van der Waals surface area contributed by atoms with Crippen LogP contribution >= 0.6 is 34.8 Å². The molecule has 2 aromatic rings. The van der Waals surface area contributed by atoms with Crippen molar-refractivity contribution >= 4 is 64.4 Å². The van der Waals surface area contributed by atoms with E-state index in [-0.39, 0.29) is 22.0 Å². The van der Waals surface area contributed by atoms with Crippen LogP contribution in [-0.2, 0) is 9.59 Å². The molecule has 0 bridgehead atoms. The molecule has 6 nitrogen and oxygen atoms in total. The number of carbonyl (C=O) groups is 3. The number of imide groups is 2. The predicted octanol–water partition coefficient (Wildman–Crippen LogP) is 4.71. The number of barbiturate groups is 1. The van der Waals surface area contributed by atoms with Crippen LogP contribution in [0.5, 0.6) is 5.75 Å². The fourth-order valence-corrected chi connectivity index (χ4v) is 3.40. The SMILES string of the molecule is CCOc1c(Cl)cc(Cl)cc1/C=C1\C(=O)NC(=O)N(c2cccc(Cl)c2)C1=O. The number of halogens is 3. The maximum atomic E-state index is 12.9. The number of rotatable bonds is 4. The van der Waals surface area contributed by atoms with Crippen LogP contribution in [0.25, 0.3) is 6.08 Å². The van der Waals surface area contributed by atoms with Crippen molar-refractivity contribution in [3.63, 3.8) is 0 Å². The lowest BCUT2D eigenvalue weighted by Gasteiger charge is -2.26. The fourth-order valence-electron chi connectivity index (χ4n) is 2.65. The number of nitrogens with zero attached hydrogens (tertiary/aromatic N) is 1. The van der Waals surface area contributed by atoms with Gasteiger partial charge in [-0.2, -0.15) is 0 Å². The highest BCUT2D eigenvalue weighted by Crippen LogP contribution is 2.34. The van der Waals surface area contributed by atoms with Gasteiger partial charge in [0.15, 0.2) is 0 Å². The highest BCUT2D eigenvalue weighted by atomic mass is 35.5. The van der Waals surface area contributed by atoms with Crippen molar-refractivity contribution in [3.05, 3.63) is 62.6 Å². The van der Waals surface area contributed by atoms with Gasteiger partial charge in [-0.05, 0) is 43.3 Å². The molecule has 0 unspecified atom stereocenters. The van der Waals surface area contributed by atoms with Crippen LogP contribution in [0, 0.1) is 0 Å². The lowest BCUT2D eigenvalue weighted by atomic mass is 10.1. The van der Waals surface area contributed by atoms with Gasteiger partial charge in [-0.15, -0.1) is 0 Å². The lowest BCUT2D eigenvalue weighted by molar-refractivity contribution is -0.122. The number of nitrogens with one attached hydrogen (secondary N) is 1. The number of anilines is 1. The van der Waals surface area contributed by atoms with Gasteiger partial charge in [0.25, 0.3) is 11.8 Å². The van der Waals surface area contributed by atoms with Crippen molar-refractivity contribution in [2.24, 2.45) is 0 Å². The second-order valence-electron chi connectivity index (χ2n) is 5.68. The van der Waals surface area contributed by atoms with Gasteiger partial charge in [0, 0.05) is 15.6 Å². The number of hydrogen-bond donors (Lipinski definition) is 1. The van der Waals surface area contributed by atoms with Crippen molar-refractivity contribution < 1.29 is 19.1 Å². The van der Waals surface area contributed by atoms with Crippen molar-refractivity contribution in [3.8, 4) is 5.75 Å². The van der Waals surface area contributed by atoms with Gasteiger partial charge < -0.3 is 4.74 Å². The molecule has 1 heterocycles. The van der Waals surface area contributed by atoms with Gasteiger partial charge >= 0.3 is 6.03 Å². The zero-order valence-corrected chi connectivity index (χ0v) is 16.7. The highest BCUT2D eigenvalue weighted by molar-refractivity contribution is 6.40. The molecule has 4 amide bonds. The first kappa shape index (κ1) is 20.2. The first-order chi connectivity index (χ1) is 13.3. The summed E-state index contributed by atoms with van der Waals surface area (Å²) in [6, 6.07) is 8.27. The van der Waals surface area contributed by atoms with Gasteiger partial charge in [-0.25, -0.2) is 9.69 Å². The molecule has 0 radical (unpaired) electrons. The number of ether oxygens (including phenoxy) is 1. The highest BCUT2D eigenvalue weighted by Gasteiger charge is 2.37. The van der Waals surface area contributed by atoms with Crippen molar-refractivity contribution in [2.75, 3.05) is 11.5 Å². The van der Waals surface area contributed by atoms with Crippen LogP contribution in [0.2, 0.25) is 15.1 Å². The smallest absolute Gasteiger partial charge is 0.335 e. The first-order valence-corrected chi connectivity index (χ1v) is 9.24. The summed E-state index contributed by atoms with van der Waals surface area (Å²) in [6.07, 6.45) is 1.28. The molecule has 0 aliphatic carbocycles. The lowest BCUT2D eigenvalue weighted by Crippen LogP contribution is -2.54. The Balaban J connectivity index is 2.10. The summed E-state index contributed by atoms with van der Waals surface area (Å²) < 4.78 is 5.51. The molecule has 0 aromatic heterocycles. The monoisotopic (exact) mass is 438 g/mol. The molecule has 1 aliphatic heterocycles. The Bertz CT molecular complexity index is 1020. The minimum Gasteiger partial charge on any atom is -0.492 e. The molecule has 28 heavy (non-hydrogen) atoms. The normalized spacial score (nSPS) is 15.8. The summed E-state index contributed by atoms with van der Waals surface area (Å²) in [5.41, 5.74) is 0.277. The van der Waals surface area contributed by atoms with Crippen molar-refractivity contribution in [1.82, 2.24) is 5.32 Å². The van der Waals surface area contributed by atoms with E-state index in [2.05, 4.69) is 5.32 Å². The van der Waals surface area contributed by atoms with Gasteiger partial charge in [0.1, 0.15) is 11.3 Å². The van der Waals surface area contributed by atoms with E-state index in [9.17, 15) is 14.4 Å². The van der Waals surface area contributed by atoms with E-state index in [0.717, 1.165) is 4.90 Å². The van der Waals surface area contributed by atoms with E-state index in [1.807, 2.05) is 0 Å². The average Bonchev–Trinajstić information content (AvgIpc) is 2.61. The molecule has 3 rings (SSSR count). The van der Waals surface area contributed by atoms with E-state index < -0.39 is 17.8 Å². The third-order valence-corrected chi connectivity index (χ3v) is 4.53. The van der Waals surface area contributed by atoms with E-state index in [0.29, 0.717) is 22.2 Å². The summed E-state index contributed by atoms with van der Waals surface area (Å²) >= 11 is 18.2. The Labute approximate surface area is 175 Å². The first-order valence-electron chi connectivity index (χ1n) is 8.10. The molecule has 144 valence electrons. The van der Waals surface area contributed by atoms with Gasteiger partial charge in [0.05, 0.1) is 17.3 Å². The Morgan fingerprint density at radius 3 is 2.50 bits per heavy atom. The quantitative estimate of drug-likeness (QED) is 0.553. The second-order valence-corrected chi connectivity index (χ2v) is 6.96. The third kappa shape index (κ3) is 3.99. The van der Waals surface area contributed by atoms with Crippen molar-refractivity contribution in [1.29, 1.82) is 0 Å². The topological polar surface area (TPSA) is 75.7 Å². The van der Waals surface area contributed by atoms with Crippen molar-refractivity contribution in [2.45, 2.75) is 6.92 Å². The minimum atomic E-state index is -0.872. The number of amides is 4. The van der Waals surface area contributed by atoms with Crippen LogP contribution < -0.4 is 15.0 Å². The summed E-state index contributed by atoms with van der Waals surface area (Å²) in [6.45, 7) is 2.07. The zero-order valence-electron chi connectivity index (χ0n) is 14.5. The Kier molecular flexibility index (Phi) is 5.93. The summed E-state index contributed by atoms with van der Waals surface area (Å²) in [5, 5.41) is 3.00. The van der Waals surface area contributed by atoms with Crippen LogP contribution in [-0.4, -0.2) is 24.5 Å². The minimum absolute atomic E-state index is 0.225. The molecule has 0 spiro atoms. The Hall–Kier alpha value is -2.54. The molecule has 1 aliphatic rings. The van der Waals surface area contributed by atoms with Gasteiger partial charge in [-0.1, -0.05) is 40.9 Å². The van der Waals surface area contributed by atoms with E-state index in [4.69, 9.17) is 39.5 Å². The summed E-state index contributed by atoms with van der Waals surface area (Å²) in [4.78, 5) is 38.3. The molecule has 2 aromatic carbocycles. The average molecular weight is 440 g/mol. The maximum absolute atomic E-state index is 12.9. The van der Waals surface area contributed by atoms with E-state index in [1.165, 1.54) is 30.3 Å². The maximum Gasteiger partial charge on any atom is 0.335 e. The number of benzene rings is 2. The summed E-state index contributed by atoms with van der Waals surface area (Å²) in [7, 11) is 0. The molecule has 1 saturated heterocycles. The number of urea groups is 1. The molecule has 9 heteroatoms. The van der Waals surface area contributed by atoms with Crippen LogP contribution in [0.1, 0.15) is 12.5 Å². The molecule has 0 saturated carbocycles.